The van der Waals surface area contributed by atoms with E-state index in [0.717, 1.165) is 0 Å². The van der Waals surface area contributed by atoms with E-state index in [1.807, 2.05) is 20.0 Å². The maximum Gasteiger partial charge on any atom is 0.273 e. The molecule has 0 saturated carbocycles. The summed E-state index contributed by atoms with van der Waals surface area (Å²) in [5, 5.41) is 0. The van der Waals surface area contributed by atoms with E-state index in [1.54, 1.807) is 23.0 Å². The molecule has 1 unspecified atom stereocenters. The van der Waals surface area contributed by atoms with Crippen molar-refractivity contribution in [3.63, 3.8) is 0 Å². The number of hydrogen-bond acceptors (Lipinski definition) is 6. The molecule has 0 saturated heterocycles. The van der Waals surface area contributed by atoms with Crippen LogP contribution in [0.1, 0.15) is 13.8 Å². The lowest BCUT2D eigenvalue weighted by Gasteiger charge is -2.28. The highest BCUT2D eigenvalue weighted by molar-refractivity contribution is 7.86. The summed E-state index contributed by atoms with van der Waals surface area (Å²) in [6.45, 7) is 5.11. The van der Waals surface area contributed by atoms with Crippen molar-refractivity contribution >= 4 is 10.1 Å². The first kappa shape index (κ1) is 14.3. The molecule has 0 bridgehead atoms. The van der Waals surface area contributed by atoms with Crippen LogP contribution in [0.4, 0.5) is 0 Å². The summed E-state index contributed by atoms with van der Waals surface area (Å²) >= 11 is 0. The Morgan fingerprint density at radius 2 is 2.00 bits per heavy atom. The Kier molecular flexibility index (Phi) is 5.23. The van der Waals surface area contributed by atoms with Gasteiger partial charge < -0.3 is 14.5 Å². The van der Waals surface area contributed by atoms with Crippen LogP contribution in [0, 0.1) is 0 Å². The van der Waals surface area contributed by atoms with E-state index in [4.69, 9.17) is 8.92 Å². The molecular weight excluding hydrogens is 244 g/mol. The van der Waals surface area contributed by atoms with Gasteiger partial charge in [0, 0.05) is 32.6 Å². The third kappa shape index (κ3) is 4.18. The fourth-order valence-corrected chi connectivity index (χ4v) is 2.37. The zero-order chi connectivity index (χ0) is 12.9. The van der Waals surface area contributed by atoms with Crippen molar-refractivity contribution in [2.24, 2.45) is 0 Å². The lowest BCUT2D eigenvalue weighted by Crippen LogP contribution is -2.41. The second-order valence-electron chi connectivity index (χ2n) is 3.68. The van der Waals surface area contributed by atoms with E-state index in [1.165, 1.54) is 0 Å². The van der Waals surface area contributed by atoms with Crippen molar-refractivity contribution in [1.29, 1.82) is 0 Å². The van der Waals surface area contributed by atoms with Crippen LogP contribution in [0.15, 0.2) is 12.4 Å². The normalized spacial score (nSPS) is 20.3. The van der Waals surface area contributed by atoms with Crippen molar-refractivity contribution in [2.75, 3.05) is 32.6 Å². The van der Waals surface area contributed by atoms with Crippen molar-refractivity contribution < 1.29 is 17.3 Å². The largest absolute Gasteiger partial charge is 0.381 e. The minimum atomic E-state index is -3.56. The lowest BCUT2D eigenvalue weighted by molar-refractivity contribution is -0.00631. The van der Waals surface area contributed by atoms with Gasteiger partial charge in [0.15, 0.2) is 0 Å². The molecule has 1 aliphatic rings. The smallest absolute Gasteiger partial charge is 0.273 e. The molecule has 1 atom stereocenters. The van der Waals surface area contributed by atoms with Gasteiger partial charge in [0.2, 0.25) is 6.35 Å². The topological polar surface area (TPSA) is 59.1 Å². The van der Waals surface area contributed by atoms with Gasteiger partial charge in [0.25, 0.3) is 10.1 Å². The zero-order valence-corrected chi connectivity index (χ0v) is 11.3. The molecule has 0 aromatic carbocycles. The Morgan fingerprint density at radius 3 is 2.59 bits per heavy atom. The lowest BCUT2D eigenvalue weighted by atomic mass is 10.6. The average molecular weight is 264 g/mol. The minimum absolute atomic E-state index is 0.122. The molecule has 0 aromatic heterocycles. The molecular formula is C10H20N2O4S. The number of hydrogen-bond donors (Lipinski definition) is 0. The van der Waals surface area contributed by atoms with Crippen LogP contribution in [0.2, 0.25) is 0 Å². The third-order valence-corrected chi connectivity index (χ3v) is 3.54. The van der Waals surface area contributed by atoms with E-state index in [2.05, 4.69) is 0 Å². The summed E-state index contributed by atoms with van der Waals surface area (Å²) < 4.78 is 33.5. The second-order valence-corrected chi connectivity index (χ2v) is 5.39. The van der Waals surface area contributed by atoms with Gasteiger partial charge in [-0.05, 0) is 13.8 Å². The molecule has 0 aromatic rings. The molecule has 0 radical (unpaired) electrons. The number of nitrogens with zero attached hydrogens (tertiary/aromatic N) is 2. The predicted octanol–water partition coefficient (Wildman–Crippen LogP) is 0.391. The minimum Gasteiger partial charge on any atom is -0.381 e. The number of ether oxygens (including phenoxy) is 1. The molecule has 1 heterocycles. The van der Waals surface area contributed by atoms with Crippen molar-refractivity contribution in [3.05, 3.63) is 12.4 Å². The second kappa shape index (κ2) is 6.23. The molecule has 1 rings (SSSR count). The van der Waals surface area contributed by atoms with Crippen molar-refractivity contribution in [3.8, 4) is 0 Å². The summed E-state index contributed by atoms with van der Waals surface area (Å²) in [5.41, 5.74) is 0. The van der Waals surface area contributed by atoms with Gasteiger partial charge in [-0.3, -0.25) is 0 Å². The van der Waals surface area contributed by atoms with Crippen LogP contribution in [-0.2, 0) is 19.0 Å². The molecule has 0 fully saturated rings. The number of rotatable bonds is 7. The molecule has 1 aliphatic heterocycles. The maximum atomic E-state index is 11.7. The SMILES string of the molecule is CCOCCS(=O)(=O)OC1N(C)C=CN1CC. The van der Waals surface area contributed by atoms with Gasteiger partial charge in [-0.15, -0.1) is 0 Å². The highest BCUT2D eigenvalue weighted by Gasteiger charge is 2.28. The average Bonchev–Trinajstić information content (AvgIpc) is 2.60. The van der Waals surface area contributed by atoms with Gasteiger partial charge in [0.1, 0.15) is 0 Å². The van der Waals surface area contributed by atoms with E-state index in [-0.39, 0.29) is 12.4 Å². The quantitative estimate of drug-likeness (QED) is 0.490. The van der Waals surface area contributed by atoms with Gasteiger partial charge in [-0.25, -0.2) is 4.18 Å². The predicted molar refractivity (Wildman–Crippen MR) is 64.4 cm³/mol. The fourth-order valence-electron chi connectivity index (χ4n) is 1.44. The molecule has 7 heteroatoms. The summed E-state index contributed by atoms with van der Waals surface area (Å²) in [4.78, 5) is 3.51. The van der Waals surface area contributed by atoms with E-state index >= 15 is 0 Å². The Hall–Kier alpha value is -0.790. The Labute approximate surface area is 103 Å². The first-order valence-electron chi connectivity index (χ1n) is 5.65. The maximum absolute atomic E-state index is 11.7. The van der Waals surface area contributed by atoms with Crippen LogP contribution < -0.4 is 0 Å². The first-order valence-corrected chi connectivity index (χ1v) is 7.22. The zero-order valence-electron chi connectivity index (χ0n) is 10.5. The molecule has 17 heavy (non-hydrogen) atoms. The molecule has 0 spiro atoms. The van der Waals surface area contributed by atoms with Crippen LogP contribution in [0.25, 0.3) is 0 Å². The summed E-state index contributed by atoms with van der Waals surface area (Å²) in [6.07, 6.45) is 3.02. The van der Waals surface area contributed by atoms with Gasteiger partial charge >= 0.3 is 0 Å². The molecule has 6 nitrogen and oxygen atoms in total. The highest BCUT2D eigenvalue weighted by atomic mass is 32.2. The van der Waals surface area contributed by atoms with Crippen LogP contribution >= 0.6 is 0 Å². The van der Waals surface area contributed by atoms with Crippen LogP contribution in [-0.4, -0.2) is 57.1 Å². The van der Waals surface area contributed by atoms with E-state index < -0.39 is 16.5 Å². The van der Waals surface area contributed by atoms with Crippen molar-refractivity contribution in [1.82, 2.24) is 9.80 Å². The van der Waals surface area contributed by atoms with Gasteiger partial charge in [0.05, 0.1) is 12.4 Å². The Morgan fingerprint density at radius 1 is 1.29 bits per heavy atom. The van der Waals surface area contributed by atoms with Crippen LogP contribution in [0.5, 0.6) is 0 Å². The monoisotopic (exact) mass is 264 g/mol. The summed E-state index contributed by atoms with van der Waals surface area (Å²) in [6, 6.07) is 0. The Bertz CT molecular complexity index is 355. The third-order valence-electron chi connectivity index (χ3n) is 2.41. The Balaban J connectivity index is 2.52. The first-order chi connectivity index (χ1) is 8.00. The molecule has 100 valence electrons. The highest BCUT2D eigenvalue weighted by Crippen LogP contribution is 2.16. The molecule has 0 aliphatic carbocycles. The van der Waals surface area contributed by atoms with Gasteiger partial charge in [-0.2, -0.15) is 8.42 Å². The van der Waals surface area contributed by atoms with Gasteiger partial charge in [-0.1, -0.05) is 0 Å². The summed E-state index contributed by atoms with van der Waals surface area (Å²) in [5.74, 6) is -0.122. The van der Waals surface area contributed by atoms with Crippen LogP contribution in [0.3, 0.4) is 0 Å². The summed E-state index contributed by atoms with van der Waals surface area (Å²) in [7, 11) is -1.79. The molecule has 0 amide bonds. The van der Waals surface area contributed by atoms with Crippen molar-refractivity contribution in [2.45, 2.75) is 20.2 Å². The fraction of sp³-hybridized carbons (Fsp3) is 0.800. The standard InChI is InChI=1S/C10H20N2O4S/c1-4-12-7-6-11(3)10(12)16-17(13,14)9-8-15-5-2/h6-7,10H,4-5,8-9H2,1-3H3. The van der Waals surface area contributed by atoms with E-state index in [9.17, 15) is 8.42 Å². The molecule has 0 N–H and O–H groups in total. The van der Waals surface area contributed by atoms with E-state index in [0.29, 0.717) is 13.2 Å².